The van der Waals surface area contributed by atoms with Crippen LogP contribution in [0.4, 0.5) is 4.79 Å². The van der Waals surface area contributed by atoms with E-state index in [0.717, 1.165) is 47.8 Å². The Morgan fingerprint density at radius 3 is 1.91 bits per heavy atom. The molecule has 0 saturated heterocycles. The Hall–Kier alpha value is -1.12. The number of rotatable bonds is 7. The van der Waals surface area contributed by atoms with E-state index >= 15 is 0 Å². The van der Waals surface area contributed by atoms with Crippen molar-refractivity contribution >= 4 is 36.4 Å². The molecule has 0 unspecified atom stereocenters. The number of nitrogens with two attached hydrogens (primary N) is 1. The molecule has 0 spiro atoms. The van der Waals surface area contributed by atoms with Crippen molar-refractivity contribution in [2.24, 2.45) is 5.73 Å². The average molecular weight is 498 g/mol. The van der Waals surface area contributed by atoms with Crippen LogP contribution in [0.5, 0.6) is 0 Å². The number of nitrogens with zero attached hydrogens (tertiary/aromatic N) is 1. The molecule has 4 N–H and O–H groups in total. The van der Waals surface area contributed by atoms with Crippen molar-refractivity contribution in [1.29, 1.82) is 0 Å². The molecule has 0 atom stereocenters. The monoisotopic (exact) mass is 497 g/mol. The molecule has 0 bridgehead atoms. The molecule has 3 rings (SSSR count). The summed E-state index contributed by atoms with van der Waals surface area (Å²) in [7, 11) is 0. The minimum absolute atomic E-state index is 0.100. The Balaban J connectivity index is 0.000000405. The standard InChI is InChI=1S/C20H34N2OS2.C5H9NO2/c1-3-11-18(25-19(24)4-2)21-20(23)22(16-12-7-5-8-13-16)17-14-9-6-10-15-17;6-5(4(7)8)2-1-3-5/h4,11,16-17,24H,3,5-10,12-15H2,1-2H3,(H,21,23);1-3,6H2,(H,7,8)/b18-11-,19-4-;. The first-order valence-electron chi connectivity index (χ1n) is 12.7. The molecular weight excluding hydrogens is 454 g/mol. The molecule has 3 saturated carbocycles. The second-order valence-corrected chi connectivity index (χ2v) is 11.3. The van der Waals surface area contributed by atoms with Gasteiger partial charge in [0.15, 0.2) is 0 Å². The fourth-order valence-corrected chi connectivity index (χ4v) is 5.79. The van der Waals surface area contributed by atoms with E-state index in [2.05, 4.69) is 35.8 Å². The highest BCUT2D eigenvalue weighted by atomic mass is 32.2. The highest BCUT2D eigenvalue weighted by Gasteiger charge is 2.40. The molecule has 6 nitrogen and oxygen atoms in total. The lowest BCUT2D eigenvalue weighted by Gasteiger charge is -2.41. The normalized spacial score (nSPS) is 21.9. The van der Waals surface area contributed by atoms with Crippen LogP contribution >= 0.6 is 24.4 Å². The zero-order valence-electron chi connectivity index (χ0n) is 20.4. The maximum absolute atomic E-state index is 13.2. The van der Waals surface area contributed by atoms with Gasteiger partial charge in [0, 0.05) is 16.3 Å². The van der Waals surface area contributed by atoms with E-state index in [4.69, 9.17) is 10.8 Å². The topological polar surface area (TPSA) is 95.7 Å². The highest BCUT2D eigenvalue weighted by molar-refractivity contribution is 8.17. The number of urea groups is 1. The quantitative estimate of drug-likeness (QED) is 0.306. The molecular formula is C25H43N3O3S2. The molecule has 0 aromatic heterocycles. The first-order valence-corrected chi connectivity index (χ1v) is 13.9. The molecule has 3 aliphatic rings. The lowest BCUT2D eigenvalue weighted by molar-refractivity contribution is -0.146. The van der Waals surface area contributed by atoms with Crippen molar-refractivity contribution in [3.8, 4) is 0 Å². The minimum atomic E-state index is -0.861. The van der Waals surface area contributed by atoms with Crippen LogP contribution in [-0.2, 0) is 4.79 Å². The Labute approximate surface area is 209 Å². The predicted octanol–water partition coefficient (Wildman–Crippen LogP) is 6.39. The summed E-state index contributed by atoms with van der Waals surface area (Å²) >= 11 is 5.99. The number of allylic oxidation sites excluding steroid dienone is 2. The van der Waals surface area contributed by atoms with Crippen LogP contribution in [0, 0.1) is 0 Å². The molecule has 0 aromatic carbocycles. The first kappa shape index (κ1) is 28.1. The number of thiol groups is 1. The zero-order chi connectivity index (χ0) is 24.3. The fourth-order valence-electron chi connectivity index (χ4n) is 4.76. The molecule has 0 heterocycles. The summed E-state index contributed by atoms with van der Waals surface area (Å²) in [5.74, 6) is -0.858. The Kier molecular flexibility index (Phi) is 12.2. The van der Waals surface area contributed by atoms with E-state index in [0.29, 0.717) is 24.9 Å². The number of hydrogen-bond donors (Lipinski definition) is 4. The SMILES string of the molecule is C/C=C(/S)S/C(=C\CC)NC(=O)N(C1CCCCC1)C1CCCCC1.NC1(C(=O)O)CCC1. The van der Waals surface area contributed by atoms with Gasteiger partial charge in [0.25, 0.3) is 0 Å². The third-order valence-electron chi connectivity index (χ3n) is 6.92. The van der Waals surface area contributed by atoms with Crippen molar-refractivity contribution in [3.05, 3.63) is 21.4 Å². The third kappa shape index (κ3) is 8.87. The first-order chi connectivity index (χ1) is 15.8. The summed E-state index contributed by atoms with van der Waals surface area (Å²) in [6, 6.07) is 0.937. The van der Waals surface area contributed by atoms with E-state index in [1.807, 2.05) is 13.0 Å². The number of nitrogens with one attached hydrogen (secondary N) is 1. The number of aliphatic carboxylic acids is 1. The van der Waals surface area contributed by atoms with Gasteiger partial charge in [-0.25, -0.2) is 4.79 Å². The van der Waals surface area contributed by atoms with Crippen LogP contribution in [0.1, 0.15) is 104 Å². The van der Waals surface area contributed by atoms with Gasteiger partial charge in [0.05, 0.1) is 5.03 Å². The summed E-state index contributed by atoms with van der Waals surface area (Å²) in [5.41, 5.74) is 4.48. The molecule has 0 aliphatic heterocycles. The van der Waals surface area contributed by atoms with Gasteiger partial charge in [0.2, 0.25) is 0 Å². The van der Waals surface area contributed by atoms with E-state index < -0.39 is 11.5 Å². The summed E-state index contributed by atoms with van der Waals surface area (Å²) in [6.07, 6.45) is 19.5. The maximum atomic E-state index is 13.2. The van der Waals surface area contributed by atoms with Crippen LogP contribution in [0.2, 0.25) is 0 Å². The van der Waals surface area contributed by atoms with Crippen molar-refractivity contribution in [3.63, 3.8) is 0 Å². The molecule has 3 fully saturated rings. The number of carboxylic acid groups (broad SMARTS) is 1. The Bertz CT molecular complexity index is 677. The average Bonchev–Trinajstić information content (AvgIpc) is 2.79. The number of carbonyl (C=O) groups excluding carboxylic acids is 1. The number of hydrogen-bond acceptors (Lipinski definition) is 5. The van der Waals surface area contributed by atoms with Crippen molar-refractivity contribution < 1.29 is 14.7 Å². The molecule has 188 valence electrons. The lowest BCUT2D eigenvalue weighted by atomic mass is 9.78. The number of thioether (sulfide) groups is 1. The Morgan fingerprint density at radius 1 is 1.06 bits per heavy atom. The van der Waals surface area contributed by atoms with E-state index in [9.17, 15) is 9.59 Å². The van der Waals surface area contributed by atoms with Crippen LogP contribution in [0.15, 0.2) is 21.4 Å². The molecule has 33 heavy (non-hydrogen) atoms. The van der Waals surface area contributed by atoms with Gasteiger partial charge in [-0.2, -0.15) is 0 Å². The number of carbonyl (C=O) groups is 2. The van der Waals surface area contributed by atoms with Gasteiger partial charge in [-0.15, -0.1) is 12.6 Å². The van der Waals surface area contributed by atoms with Gasteiger partial charge in [-0.3, -0.25) is 4.79 Å². The largest absolute Gasteiger partial charge is 0.480 e. The second-order valence-electron chi connectivity index (χ2n) is 9.44. The van der Waals surface area contributed by atoms with Gasteiger partial charge in [-0.1, -0.05) is 69.4 Å². The number of carboxylic acids is 1. The minimum Gasteiger partial charge on any atom is -0.480 e. The van der Waals surface area contributed by atoms with Crippen molar-refractivity contribution in [2.45, 2.75) is 121 Å². The van der Waals surface area contributed by atoms with Crippen LogP contribution in [0.3, 0.4) is 0 Å². The van der Waals surface area contributed by atoms with Crippen molar-refractivity contribution in [1.82, 2.24) is 10.2 Å². The van der Waals surface area contributed by atoms with E-state index in [-0.39, 0.29) is 6.03 Å². The van der Waals surface area contributed by atoms with E-state index in [1.165, 1.54) is 50.3 Å². The van der Waals surface area contributed by atoms with Crippen LogP contribution < -0.4 is 11.1 Å². The second kappa shape index (κ2) is 14.3. The highest BCUT2D eigenvalue weighted by Crippen LogP contribution is 2.32. The zero-order valence-corrected chi connectivity index (χ0v) is 22.1. The van der Waals surface area contributed by atoms with Crippen LogP contribution in [0.25, 0.3) is 0 Å². The fraction of sp³-hybridized carbons (Fsp3) is 0.760. The van der Waals surface area contributed by atoms with Crippen LogP contribution in [-0.4, -0.2) is 39.6 Å². The lowest BCUT2D eigenvalue weighted by Crippen LogP contribution is -2.53. The van der Waals surface area contributed by atoms with Gasteiger partial charge >= 0.3 is 12.0 Å². The summed E-state index contributed by atoms with van der Waals surface area (Å²) in [5, 5.41) is 12.5. The summed E-state index contributed by atoms with van der Waals surface area (Å²) in [6.45, 7) is 4.07. The van der Waals surface area contributed by atoms with Gasteiger partial charge in [0.1, 0.15) is 5.54 Å². The van der Waals surface area contributed by atoms with E-state index in [1.54, 1.807) is 0 Å². The molecule has 2 amide bonds. The van der Waals surface area contributed by atoms with Crippen molar-refractivity contribution in [2.75, 3.05) is 0 Å². The predicted molar refractivity (Wildman–Crippen MR) is 141 cm³/mol. The smallest absolute Gasteiger partial charge is 0.323 e. The summed E-state index contributed by atoms with van der Waals surface area (Å²) in [4.78, 5) is 25.6. The molecule has 8 heteroatoms. The molecule has 3 aliphatic carbocycles. The van der Waals surface area contributed by atoms with Gasteiger partial charge < -0.3 is 21.1 Å². The Morgan fingerprint density at radius 2 is 1.58 bits per heavy atom. The third-order valence-corrected chi connectivity index (χ3v) is 8.39. The van der Waals surface area contributed by atoms with Gasteiger partial charge in [-0.05, 0) is 58.3 Å². The number of amides is 2. The molecule has 0 aromatic rings. The summed E-state index contributed by atoms with van der Waals surface area (Å²) < 4.78 is 0.918. The maximum Gasteiger partial charge on any atom is 0.323 e. The molecule has 0 radical (unpaired) electrons.